The van der Waals surface area contributed by atoms with Gasteiger partial charge in [0.2, 0.25) is 0 Å². The summed E-state index contributed by atoms with van der Waals surface area (Å²) in [6, 6.07) is 64.1. The molecule has 0 aliphatic carbocycles. The molecule has 4 nitrogen and oxygen atoms in total. The predicted molar refractivity (Wildman–Crippen MR) is 246 cm³/mol. The SMILES string of the molecule is C[C@H](c1cccc2ccccc12)N1CCN([C@H](C)c2cccc3ccccc23)[C]1=[Ru]=[C]1N([C@H](C)c2cccc3ccccc23)CCN1[C@H](C)c1cccc2ccccc12. The van der Waals surface area contributed by atoms with Crippen LogP contribution in [0.3, 0.4) is 0 Å². The van der Waals surface area contributed by atoms with Crippen molar-refractivity contribution < 1.29 is 16.2 Å². The monoisotopic (exact) mass is 858 g/mol. The topological polar surface area (TPSA) is 13.0 Å². The van der Waals surface area contributed by atoms with Crippen LogP contribution in [0.25, 0.3) is 43.1 Å². The van der Waals surface area contributed by atoms with E-state index in [1.807, 2.05) is 0 Å². The minimum absolute atomic E-state index is 0.213. The fraction of sp³-hybridized carbons (Fsp3) is 0.222. The van der Waals surface area contributed by atoms with Crippen molar-refractivity contribution in [2.75, 3.05) is 26.2 Å². The zero-order valence-corrected chi connectivity index (χ0v) is 36.2. The first kappa shape index (κ1) is 38.2. The second kappa shape index (κ2) is 16.2. The Balaban J connectivity index is 1.19. The zero-order valence-electron chi connectivity index (χ0n) is 34.4. The second-order valence-corrected chi connectivity index (χ2v) is 18.3. The van der Waals surface area contributed by atoms with Gasteiger partial charge in [-0.2, -0.15) is 0 Å². The molecule has 4 atom stereocenters. The van der Waals surface area contributed by atoms with Crippen molar-refractivity contribution >= 4 is 51.8 Å². The molecule has 296 valence electrons. The Hall–Kier alpha value is -5.00. The van der Waals surface area contributed by atoms with E-state index < -0.39 is 16.2 Å². The molecule has 0 aromatic heterocycles. The van der Waals surface area contributed by atoms with Gasteiger partial charge in [-0.15, -0.1) is 0 Å². The van der Waals surface area contributed by atoms with Gasteiger partial charge in [0.05, 0.1) is 0 Å². The van der Waals surface area contributed by atoms with Crippen LogP contribution in [0.4, 0.5) is 0 Å². The van der Waals surface area contributed by atoms with E-state index in [-0.39, 0.29) is 24.2 Å². The Labute approximate surface area is 355 Å². The van der Waals surface area contributed by atoms with Crippen molar-refractivity contribution in [1.29, 1.82) is 0 Å². The molecule has 0 saturated carbocycles. The fourth-order valence-corrected chi connectivity index (χ4v) is 13.4. The van der Waals surface area contributed by atoms with E-state index in [9.17, 15) is 0 Å². The molecule has 2 fully saturated rings. The Bertz CT molecular complexity index is 2510. The van der Waals surface area contributed by atoms with Gasteiger partial charge in [-0.3, -0.25) is 0 Å². The predicted octanol–water partition coefficient (Wildman–Crippen LogP) is 12.1. The number of nitrogens with zero attached hydrogens (tertiary/aromatic N) is 4. The van der Waals surface area contributed by atoms with E-state index >= 15 is 0 Å². The van der Waals surface area contributed by atoms with Gasteiger partial charge in [0.15, 0.2) is 0 Å². The molecule has 5 heteroatoms. The van der Waals surface area contributed by atoms with Gasteiger partial charge in [-0.1, -0.05) is 0 Å². The van der Waals surface area contributed by atoms with Crippen molar-refractivity contribution in [1.82, 2.24) is 19.6 Å². The summed E-state index contributed by atoms with van der Waals surface area (Å²) in [5.74, 6) is 0. The van der Waals surface area contributed by atoms with Crippen LogP contribution in [0.15, 0.2) is 170 Å². The molecule has 0 N–H and O–H groups in total. The van der Waals surface area contributed by atoms with Gasteiger partial charge in [0, 0.05) is 0 Å². The molecule has 10 rings (SSSR count). The molecule has 0 spiro atoms. The number of benzene rings is 8. The zero-order chi connectivity index (χ0) is 40.0. The summed E-state index contributed by atoms with van der Waals surface area (Å²) in [5, 5.41) is 10.6. The van der Waals surface area contributed by atoms with E-state index in [1.54, 1.807) is 0 Å². The Morgan fingerprint density at radius 2 is 0.525 bits per heavy atom. The average molecular weight is 858 g/mol. The molecule has 0 bridgehead atoms. The van der Waals surface area contributed by atoms with Gasteiger partial charge in [-0.05, 0) is 0 Å². The van der Waals surface area contributed by atoms with Crippen LogP contribution in [0.1, 0.15) is 74.1 Å². The van der Waals surface area contributed by atoms with E-state index in [2.05, 4.69) is 217 Å². The first-order valence-electron chi connectivity index (χ1n) is 21.3. The van der Waals surface area contributed by atoms with Gasteiger partial charge >= 0.3 is 358 Å². The quantitative estimate of drug-likeness (QED) is 0.141. The van der Waals surface area contributed by atoms with Crippen molar-refractivity contribution in [2.45, 2.75) is 51.9 Å². The summed E-state index contributed by atoms with van der Waals surface area (Å²) in [5.41, 5.74) is 5.61. The first-order chi connectivity index (χ1) is 29.0. The molecule has 2 aliphatic heterocycles. The van der Waals surface area contributed by atoms with Gasteiger partial charge in [0.25, 0.3) is 0 Å². The normalized spacial score (nSPS) is 18.0. The summed E-state index contributed by atoms with van der Waals surface area (Å²) in [7, 11) is 0. The Morgan fingerprint density at radius 3 is 0.780 bits per heavy atom. The first-order valence-corrected chi connectivity index (χ1v) is 23.0. The third-order valence-electron chi connectivity index (χ3n) is 13.2. The summed E-state index contributed by atoms with van der Waals surface area (Å²) in [6.45, 7) is 13.8. The number of hydrogen-bond donors (Lipinski definition) is 0. The molecular formula is C54H52N4Ru. The maximum absolute atomic E-state index is 2.79. The minimum atomic E-state index is -0.407. The van der Waals surface area contributed by atoms with Crippen LogP contribution < -0.4 is 0 Å². The van der Waals surface area contributed by atoms with Crippen LogP contribution in [0.5, 0.6) is 0 Å². The molecule has 2 aliphatic rings. The molecule has 8 aromatic carbocycles. The summed E-state index contributed by atoms with van der Waals surface area (Å²) in [4.78, 5) is 11.1. The molecule has 8 aromatic rings. The van der Waals surface area contributed by atoms with E-state index in [0.29, 0.717) is 0 Å². The molecular weight excluding hydrogens is 806 g/mol. The fourth-order valence-electron chi connectivity index (χ4n) is 9.92. The van der Waals surface area contributed by atoms with Crippen LogP contribution in [-0.2, 0) is 16.2 Å². The summed E-state index contributed by atoms with van der Waals surface area (Å²) >= 11 is -0.407. The summed E-state index contributed by atoms with van der Waals surface area (Å²) < 4.78 is 3.00. The molecule has 0 amide bonds. The number of rotatable bonds is 8. The van der Waals surface area contributed by atoms with Crippen molar-refractivity contribution in [2.24, 2.45) is 0 Å². The van der Waals surface area contributed by atoms with Gasteiger partial charge in [0.1, 0.15) is 0 Å². The maximum atomic E-state index is 2.79. The van der Waals surface area contributed by atoms with E-state index in [0.717, 1.165) is 26.2 Å². The molecule has 0 radical (unpaired) electrons. The summed E-state index contributed by atoms with van der Waals surface area (Å²) in [6.07, 6.45) is 0. The molecule has 59 heavy (non-hydrogen) atoms. The third-order valence-corrected chi connectivity index (χ3v) is 16.0. The molecule has 2 saturated heterocycles. The second-order valence-electron chi connectivity index (χ2n) is 16.4. The van der Waals surface area contributed by atoms with Crippen LogP contribution in [-0.4, -0.2) is 54.5 Å². The Morgan fingerprint density at radius 1 is 0.305 bits per heavy atom. The van der Waals surface area contributed by atoms with Crippen LogP contribution in [0.2, 0.25) is 0 Å². The standard InChI is InChI=1S/2C27H26N2.Ru/c2*1-20(24-15-7-11-22-9-3-5-13-26(22)24)28-17-18-29(19-28)21(2)25-16-8-12-23-10-4-6-14-27(23)25;/h2*3-16,20-21H,17-18H2,1-2H3;/t2*20-,21-;/m11./s1. The van der Waals surface area contributed by atoms with Crippen LogP contribution >= 0.6 is 0 Å². The molecule has 2 heterocycles. The molecule has 0 unspecified atom stereocenters. The van der Waals surface area contributed by atoms with E-state index in [4.69, 9.17) is 0 Å². The van der Waals surface area contributed by atoms with Gasteiger partial charge < -0.3 is 0 Å². The van der Waals surface area contributed by atoms with Gasteiger partial charge in [-0.25, -0.2) is 0 Å². The average Bonchev–Trinajstić information content (AvgIpc) is 3.92. The number of fused-ring (bicyclic) bond motifs is 4. The van der Waals surface area contributed by atoms with Crippen LogP contribution in [0, 0.1) is 0 Å². The van der Waals surface area contributed by atoms with Crippen molar-refractivity contribution in [3.05, 3.63) is 192 Å². The van der Waals surface area contributed by atoms with Crippen molar-refractivity contribution in [3.8, 4) is 0 Å². The third kappa shape index (κ3) is 6.93. The number of hydrogen-bond acceptors (Lipinski definition) is 4. The van der Waals surface area contributed by atoms with Crippen molar-refractivity contribution in [3.63, 3.8) is 0 Å². The Kier molecular flexibility index (Phi) is 10.5. The van der Waals surface area contributed by atoms with E-state index in [1.165, 1.54) is 74.1 Å².